The molecule has 0 rings (SSSR count). The molecule has 0 spiro atoms. The van der Waals surface area contributed by atoms with Gasteiger partial charge in [0, 0.05) is 25.7 Å². The van der Waals surface area contributed by atoms with Gasteiger partial charge >= 0.3 is 39.5 Å². The summed E-state index contributed by atoms with van der Waals surface area (Å²) < 4.78 is 68.0. The zero-order valence-corrected chi connectivity index (χ0v) is 61.3. The molecule has 0 aliphatic heterocycles. The fourth-order valence-electron chi connectivity index (χ4n) is 11.2. The summed E-state index contributed by atoms with van der Waals surface area (Å²) >= 11 is 0. The van der Waals surface area contributed by atoms with Crippen molar-refractivity contribution in [2.75, 3.05) is 39.6 Å². The van der Waals surface area contributed by atoms with Crippen LogP contribution in [0.25, 0.3) is 0 Å². The molecule has 0 aromatic rings. The molecule has 0 aliphatic carbocycles. The molecule has 0 aliphatic rings. The Morgan fingerprint density at radius 3 is 0.641 bits per heavy atom. The number of phosphoric acid groups is 2. The first-order valence-electron chi connectivity index (χ1n) is 38.3. The van der Waals surface area contributed by atoms with Gasteiger partial charge < -0.3 is 33.8 Å². The van der Waals surface area contributed by atoms with Crippen LogP contribution in [-0.2, 0) is 65.4 Å². The molecule has 17 nitrogen and oxygen atoms in total. The third-order valence-electron chi connectivity index (χ3n) is 17.1. The van der Waals surface area contributed by atoms with Gasteiger partial charge in [-0.2, -0.15) is 0 Å². The Labute approximate surface area is 562 Å². The lowest BCUT2D eigenvalue weighted by Gasteiger charge is -2.21. The summed E-state index contributed by atoms with van der Waals surface area (Å²) in [5.41, 5.74) is 0. The van der Waals surface area contributed by atoms with Crippen molar-refractivity contribution in [2.45, 2.75) is 406 Å². The Morgan fingerprint density at radius 1 is 0.261 bits per heavy atom. The molecule has 0 fully saturated rings. The van der Waals surface area contributed by atoms with Crippen molar-refractivity contribution in [3.05, 3.63) is 0 Å². The zero-order valence-electron chi connectivity index (χ0n) is 59.5. The van der Waals surface area contributed by atoms with Gasteiger partial charge in [0.25, 0.3) is 0 Å². The molecular weight excluding hydrogens is 1210 g/mol. The minimum atomic E-state index is -4.95. The molecule has 546 valence electrons. The summed E-state index contributed by atoms with van der Waals surface area (Å²) in [6.07, 6.45) is 57.8. The van der Waals surface area contributed by atoms with Crippen LogP contribution in [0.15, 0.2) is 0 Å². The number of ether oxygens (including phenoxy) is 4. The lowest BCUT2D eigenvalue weighted by molar-refractivity contribution is -0.161. The highest BCUT2D eigenvalue weighted by Crippen LogP contribution is 2.45. The van der Waals surface area contributed by atoms with Crippen LogP contribution in [-0.4, -0.2) is 96.7 Å². The van der Waals surface area contributed by atoms with E-state index in [4.69, 9.17) is 37.0 Å². The Hall–Kier alpha value is -1.94. The van der Waals surface area contributed by atoms with E-state index in [0.717, 1.165) is 109 Å². The number of esters is 4. The lowest BCUT2D eigenvalue weighted by Crippen LogP contribution is -2.30. The number of phosphoric ester groups is 2. The maximum Gasteiger partial charge on any atom is 0.472 e. The number of hydrogen-bond donors (Lipinski definition) is 3. The van der Waals surface area contributed by atoms with Crippen LogP contribution in [0.3, 0.4) is 0 Å². The summed E-state index contributed by atoms with van der Waals surface area (Å²) in [5.74, 6) is -2.14. The van der Waals surface area contributed by atoms with Gasteiger partial charge in [-0.05, 0) is 25.7 Å². The van der Waals surface area contributed by atoms with E-state index in [9.17, 15) is 43.2 Å². The van der Waals surface area contributed by atoms with Crippen LogP contribution in [0.2, 0.25) is 0 Å². The maximum absolute atomic E-state index is 13.1. The molecule has 0 radical (unpaired) electrons. The van der Waals surface area contributed by atoms with E-state index >= 15 is 0 Å². The van der Waals surface area contributed by atoms with E-state index in [1.54, 1.807) is 0 Å². The van der Waals surface area contributed by atoms with Crippen molar-refractivity contribution in [3.8, 4) is 0 Å². The molecule has 0 saturated carbocycles. The molecule has 19 heteroatoms. The Bertz CT molecular complexity index is 1760. The Kier molecular flexibility index (Phi) is 66.2. The molecule has 5 atom stereocenters. The number of carbonyl (C=O) groups is 4. The van der Waals surface area contributed by atoms with Gasteiger partial charge in [0.2, 0.25) is 0 Å². The molecule has 0 saturated heterocycles. The summed E-state index contributed by atoms with van der Waals surface area (Å²) in [6.45, 7) is 4.82. The molecule has 3 N–H and O–H groups in total. The third-order valence-corrected chi connectivity index (χ3v) is 19.0. The predicted molar refractivity (Wildman–Crippen MR) is 372 cm³/mol. The SMILES string of the molecule is CCCCCCCCCCCCCCCCCCCCCCC(=O)OC[C@H](COP(=O)(O)OC[C@@H](O)COP(=O)(O)OC[C@@H](COC(=O)CCCCCCC)OC(=O)CCCCCCCCC)OC(=O)CCCCCCCCCCCCCCCCCCCCCC. The first-order valence-corrected chi connectivity index (χ1v) is 41.3. The van der Waals surface area contributed by atoms with E-state index in [2.05, 4.69) is 27.7 Å². The van der Waals surface area contributed by atoms with Crippen LogP contribution in [0, 0.1) is 0 Å². The van der Waals surface area contributed by atoms with Gasteiger partial charge in [-0.25, -0.2) is 9.13 Å². The van der Waals surface area contributed by atoms with Crippen molar-refractivity contribution < 1.29 is 80.2 Å². The quantitative estimate of drug-likeness (QED) is 0.0222. The van der Waals surface area contributed by atoms with E-state index in [1.165, 1.54) is 199 Å². The van der Waals surface area contributed by atoms with Crippen molar-refractivity contribution >= 4 is 39.5 Å². The average molecular weight is 1350 g/mol. The van der Waals surface area contributed by atoms with Crippen LogP contribution >= 0.6 is 15.6 Å². The van der Waals surface area contributed by atoms with E-state index in [1.807, 2.05) is 0 Å². The van der Waals surface area contributed by atoms with Crippen molar-refractivity contribution in [3.63, 3.8) is 0 Å². The monoisotopic (exact) mass is 1350 g/mol. The van der Waals surface area contributed by atoms with Gasteiger partial charge in [0.05, 0.1) is 26.4 Å². The highest BCUT2D eigenvalue weighted by molar-refractivity contribution is 7.47. The summed E-state index contributed by atoms with van der Waals surface area (Å²) in [6, 6.07) is 0. The van der Waals surface area contributed by atoms with Crippen molar-refractivity contribution in [1.82, 2.24) is 0 Å². The number of unbranched alkanes of at least 4 members (excludes halogenated alkanes) is 48. The van der Waals surface area contributed by atoms with E-state index in [0.29, 0.717) is 25.7 Å². The maximum atomic E-state index is 13.1. The molecule has 0 aromatic heterocycles. The summed E-state index contributed by atoms with van der Waals surface area (Å²) in [5, 5.41) is 10.5. The number of rotatable bonds is 74. The van der Waals surface area contributed by atoms with Gasteiger partial charge in [0.15, 0.2) is 12.2 Å². The van der Waals surface area contributed by atoms with Crippen LogP contribution < -0.4 is 0 Å². The lowest BCUT2D eigenvalue weighted by atomic mass is 10.0. The fourth-order valence-corrected chi connectivity index (χ4v) is 12.8. The highest BCUT2D eigenvalue weighted by Gasteiger charge is 2.30. The van der Waals surface area contributed by atoms with Gasteiger partial charge in [-0.1, -0.05) is 336 Å². The molecule has 2 unspecified atom stereocenters. The zero-order chi connectivity index (χ0) is 67.5. The minimum Gasteiger partial charge on any atom is -0.462 e. The normalized spacial score (nSPS) is 13.9. The first-order chi connectivity index (χ1) is 44.7. The smallest absolute Gasteiger partial charge is 0.462 e. The Balaban J connectivity index is 5.06. The van der Waals surface area contributed by atoms with Crippen molar-refractivity contribution in [1.29, 1.82) is 0 Å². The van der Waals surface area contributed by atoms with Gasteiger partial charge in [-0.3, -0.25) is 37.3 Å². The predicted octanol–water partition coefficient (Wildman–Crippen LogP) is 21.4. The van der Waals surface area contributed by atoms with Crippen LogP contribution in [0.4, 0.5) is 0 Å². The first kappa shape index (κ1) is 90.1. The third kappa shape index (κ3) is 66.7. The topological polar surface area (TPSA) is 237 Å². The second-order valence-corrected chi connectivity index (χ2v) is 29.2. The molecule has 0 amide bonds. The number of hydrogen-bond acceptors (Lipinski definition) is 15. The number of carbonyl (C=O) groups excluding carboxylic acids is 4. The molecule has 0 bridgehead atoms. The fraction of sp³-hybridized carbons (Fsp3) is 0.945. The minimum absolute atomic E-state index is 0.103. The van der Waals surface area contributed by atoms with E-state index in [-0.39, 0.29) is 25.7 Å². The standard InChI is InChI=1S/C73H142O17P2/c1-5-9-13-17-20-22-24-26-28-30-32-34-36-38-40-42-44-47-50-54-58-71(76)84-64-69(90-73(78)60-56-52-48-45-43-41-39-37-35-33-31-29-27-25-23-21-18-14-10-6-2)66-88-92(81,82)86-62-67(74)61-85-91(79,80)87-65-68(63-83-70(75)57-53-49-16-12-8-4)89-72(77)59-55-51-46-19-15-11-7-3/h67-69,74H,5-66H2,1-4H3,(H,79,80)(H,81,82)/t67-,68+,69+/m0/s1. The van der Waals surface area contributed by atoms with Crippen LogP contribution in [0.5, 0.6) is 0 Å². The van der Waals surface area contributed by atoms with Crippen LogP contribution in [0.1, 0.15) is 387 Å². The summed E-state index contributed by atoms with van der Waals surface area (Å²) in [7, 11) is -9.88. The molecule has 0 aromatic carbocycles. The molecule has 92 heavy (non-hydrogen) atoms. The average Bonchev–Trinajstić information content (AvgIpc) is 3.63. The van der Waals surface area contributed by atoms with Gasteiger partial charge in [0.1, 0.15) is 19.3 Å². The number of aliphatic hydroxyl groups excluding tert-OH is 1. The summed E-state index contributed by atoms with van der Waals surface area (Å²) in [4.78, 5) is 72.2. The second-order valence-electron chi connectivity index (χ2n) is 26.3. The Morgan fingerprint density at radius 2 is 0.435 bits per heavy atom. The van der Waals surface area contributed by atoms with Gasteiger partial charge in [-0.15, -0.1) is 0 Å². The second kappa shape index (κ2) is 67.6. The highest BCUT2D eigenvalue weighted by atomic mass is 31.2. The number of aliphatic hydroxyl groups is 1. The molecular formula is C73H142O17P2. The van der Waals surface area contributed by atoms with E-state index < -0.39 is 97.5 Å². The molecule has 0 heterocycles. The largest absolute Gasteiger partial charge is 0.472 e. The van der Waals surface area contributed by atoms with Crippen molar-refractivity contribution in [2.24, 2.45) is 0 Å².